The van der Waals surface area contributed by atoms with Crippen molar-refractivity contribution in [2.45, 2.75) is 40.5 Å². The standard InChI is InChI=1S/C15H20O5/c1-5-6-13(17)19-12-9-10(16)7-8-11(12)20-14(18)15(2,3)4/h7-9,16H,5-6H2,1-4H3. The summed E-state index contributed by atoms with van der Waals surface area (Å²) < 4.78 is 10.3. The van der Waals surface area contributed by atoms with Crippen LogP contribution in [-0.2, 0) is 9.59 Å². The lowest BCUT2D eigenvalue weighted by atomic mass is 9.97. The Balaban J connectivity index is 2.96. The number of hydrogen-bond donors (Lipinski definition) is 1. The average Bonchev–Trinajstić information content (AvgIpc) is 2.31. The molecule has 1 N–H and O–H groups in total. The first-order chi connectivity index (χ1) is 9.24. The predicted molar refractivity (Wildman–Crippen MR) is 73.7 cm³/mol. The molecule has 1 aromatic carbocycles. The van der Waals surface area contributed by atoms with E-state index in [0.29, 0.717) is 6.42 Å². The molecule has 0 heterocycles. The summed E-state index contributed by atoms with van der Waals surface area (Å²) in [6.07, 6.45) is 0.900. The second kappa shape index (κ2) is 6.41. The van der Waals surface area contributed by atoms with E-state index in [0.717, 1.165) is 0 Å². The topological polar surface area (TPSA) is 72.8 Å². The molecule has 0 saturated heterocycles. The molecule has 0 aliphatic carbocycles. The highest BCUT2D eigenvalue weighted by Crippen LogP contribution is 2.33. The Morgan fingerprint density at radius 2 is 1.80 bits per heavy atom. The van der Waals surface area contributed by atoms with Gasteiger partial charge in [0.2, 0.25) is 0 Å². The number of esters is 2. The Bertz CT molecular complexity index is 499. The summed E-state index contributed by atoms with van der Waals surface area (Å²) in [5, 5.41) is 9.44. The van der Waals surface area contributed by atoms with E-state index in [4.69, 9.17) is 9.47 Å². The lowest BCUT2D eigenvalue weighted by Gasteiger charge is -2.17. The maximum atomic E-state index is 11.9. The largest absolute Gasteiger partial charge is 0.508 e. The molecule has 1 aromatic rings. The number of ether oxygens (including phenoxy) is 2. The molecule has 0 aromatic heterocycles. The van der Waals surface area contributed by atoms with E-state index >= 15 is 0 Å². The minimum absolute atomic E-state index is 0.0426. The molecule has 0 atom stereocenters. The maximum absolute atomic E-state index is 11.9. The number of carbonyl (C=O) groups is 2. The summed E-state index contributed by atoms with van der Waals surface area (Å²) >= 11 is 0. The second-order valence-corrected chi connectivity index (χ2v) is 5.49. The van der Waals surface area contributed by atoms with Gasteiger partial charge in [-0.15, -0.1) is 0 Å². The van der Waals surface area contributed by atoms with Crippen LogP contribution in [0, 0.1) is 5.41 Å². The maximum Gasteiger partial charge on any atom is 0.316 e. The van der Waals surface area contributed by atoms with Crippen molar-refractivity contribution in [3.63, 3.8) is 0 Å². The molecular formula is C15H20O5. The molecule has 110 valence electrons. The van der Waals surface area contributed by atoms with Gasteiger partial charge in [-0.2, -0.15) is 0 Å². The van der Waals surface area contributed by atoms with Crippen molar-refractivity contribution >= 4 is 11.9 Å². The van der Waals surface area contributed by atoms with Crippen LogP contribution < -0.4 is 9.47 Å². The molecule has 0 radical (unpaired) electrons. The lowest BCUT2D eigenvalue weighted by molar-refractivity contribution is -0.143. The number of phenols is 1. The van der Waals surface area contributed by atoms with E-state index in [9.17, 15) is 14.7 Å². The highest BCUT2D eigenvalue weighted by molar-refractivity contribution is 5.79. The predicted octanol–water partition coefficient (Wildman–Crippen LogP) is 3.05. The van der Waals surface area contributed by atoms with Crippen molar-refractivity contribution in [2.24, 2.45) is 5.41 Å². The zero-order valence-corrected chi connectivity index (χ0v) is 12.2. The van der Waals surface area contributed by atoms with Crippen molar-refractivity contribution in [3.8, 4) is 17.2 Å². The number of benzene rings is 1. The molecule has 5 heteroatoms. The highest BCUT2D eigenvalue weighted by Gasteiger charge is 2.25. The minimum atomic E-state index is -0.678. The molecule has 0 fully saturated rings. The van der Waals surface area contributed by atoms with E-state index < -0.39 is 17.4 Å². The Morgan fingerprint density at radius 3 is 2.35 bits per heavy atom. The number of hydrogen-bond acceptors (Lipinski definition) is 5. The summed E-state index contributed by atoms with van der Waals surface area (Å²) in [4.78, 5) is 23.4. The fourth-order valence-corrected chi connectivity index (χ4v) is 1.29. The van der Waals surface area contributed by atoms with Gasteiger partial charge in [-0.1, -0.05) is 6.92 Å². The number of aromatic hydroxyl groups is 1. The average molecular weight is 280 g/mol. The van der Waals surface area contributed by atoms with Gasteiger partial charge in [0, 0.05) is 12.5 Å². The van der Waals surface area contributed by atoms with Gasteiger partial charge in [0.25, 0.3) is 0 Å². The van der Waals surface area contributed by atoms with E-state index in [2.05, 4.69) is 0 Å². The van der Waals surface area contributed by atoms with Gasteiger partial charge in [-0.25, -0.2) is 0 Å². The van der Waals surface area contributed by atoms with Gasteiger partial charge in [-0.05, 0) is 39.3 Å². The fraction of sp³-hybridized carbons (Fsp3) is 0.467. The summed E-state index contributed by atoms with van der Waals surface area (Å²) in [6.45, 7) is 7.01. The molecule has 0 aliphatic heterocycles. The third kappa shape index (κ3) is 4.57. The molecule has 0 bridgehead atoms. The van der Waals surface area contributed by atoms with Crippen LogP contribution in [0.15, 0.2) is 18.2 Å². The van der Waals surface area contributed by atoms with Crippen molar-refractivity contribution in [3.05, 3.63) is 18.2 Å². The van der Waals surface area contributed by atoms with Crippen molar-refractivity contribution in [1.29, 1.82) is 0 Å². The van der Waals surface area contributed by atoms with Gasteiger partial charge in [0.05, 0.1) is 5.41 Å². The fourth-order valence-electron chi connectivity index (χ4n) is 1.29. The number of phenolic OH excluding ortho intramolecular Hbond substituents is 1. The summed E-state index contributed by atoms with van der Waals surface area (Å²) in [7, 11) is 0. The minimum Gasteiger partial charge on any atom is -0.508 e. The number of carbonyl (C=O) groups excluding carboxylic acids is 2. The smallest absolute Gasteiger partial charge is 0.316 e. The second-order valence-electron chi connectivity index (χ2n) is 5.49. The van der Waals surface area contributed by atoms with Crippen molar-refractivity contribution in [1.82, 2.24) is 0 Å². The van der Waals surface area contributed by atoms with Crippen LogP contribution in [0.5, 0.6) is 17.2 Å². The van der Waals surface area contributed by atoms with Gasteiger partial charge in [0.1, 0.15) is 5.75 Å². The Kier molecular flexibility index (Phi) is 5.13. The molecular weight excluding hydrogens is 260 g/mol. The van der Waals surface area contributed by atoms with Crippen molar-refractivity contribution < 1.29 is 24.2 Å². The van der Waals surface area contributed by atoms with Crippen molar-refractivity contribution in [2.75, 3.05) is 0 Å². The first-order valence-corrected chi connectivity index (χ1v) is 6.50. The zero-order chi connectivity index (χ0) is 15.3. The zero-order valence-electron chi connectivity index (χ0n) is 12.2. The summed E-state index contributed by atoms with van der Waals surface area (Å²) in [6, 6.07) is 4.01. The number of rotatable bonds is 4. The SMILES string of the molecule is CCCC(=O)Oc1cc(O)ccc1OC(=O)C(C)(C)C. The van der Waals surface area contributed by atoms with Gasteiger partial charge >= 0.3 is 11.9 Å². The molecule has 1 rings (SSSR count). The molecule has 0 amide bonds. The van der Waals surface area contributed by atoms with E-state index in [1.54, 1.807) is 20.8 Å². The van der Waals surface area contributed by atoms with Crippen LogP contribution in [0.4, 0.5) is 0 Å². The summed E-state index contributed by atoms with van der Waals surface area (Å²) in [5.74, 6) is -0.796. The molecule has 0 spiro atoms. The van der Waals surface area contributed by atoms with E-state index in [1.807, 2.05) is 6.92 Å². The first kappa shape index (κ1) is 16.0. The monoisotopic (exact) mass is 280 g/mol. The highest BCUT2D eigenvalue weighted by atomic mass is 16.6. The molecule has 0 aliphatic rings. The van der Waals surface area contributed by atoms with Crippen LogP contribution in [0.25, 0.3) is 0 Å². The first-order valence-electron chi connectivity index (χ1n) is 6.50. The Labute approximate surface area is 118 Å². The van der Waals surface area contributed by atoms with Crippen LogP contribution in [0.1, 0.15) is 40.5 Å². The van der Waals surface area contributed by atoms with Crippen LogP contribution in [0.3, 0.4) is 0 Å². The van der Waals surface area contributed by atoms with Gasteiger partial charge in [0.15, 0.2) is 11.5 Å². The van der Waals surface area contributed by atoms with Crippen LogP contribution in [0.2, 0.25) is 0 Å². The third-order valence-corrected chi connectivity index (χ3v) is 2.42. The molecule has 0 saturated carbocycles. The third-order valence-electron chi connectivity index (χ3n) is 2.42. The van der Waals surface area contributed by atoms with Crippen LogP contribution >= 0.6 is 0 Å². The normalized spacial score (nSPS) is 11.0. The van der Waals surface area contributed by atoms with Gasteiger partial charge in [-0.3, -0.25) is 9.59 Å². The van der Waals surface area contributed by atoms with Crippen LogP contribution in [-0.4, -0.2) is 17.0 Å². The molecule has 5 nitrogen and oxygen atoms in total. The van der Waals surface area contributed by atoms with E-state index in [-0.39, 0.29) is 23.7 Å². The molecule has 20 heavy (non-hydrogen) atoms. The Morgan fingerprint density at radius 1 is 1.15 bits per heavy atom. The summed E-state index contributed by atoms with van der Waals surface area (Å²) in [5.41, 5.74) is -0.678. The van der Waals surface area contributed by atoms with E-state index in [1.165, 1.54) is 18.2 Å². The lowest BCUT2D eigenvalue weighted by Crippen LogP contribution is -2.25. The molecule has 0 unspecified atom stereocenters. The van der Waals surface area contributed by atoms with Gasteiger partial charge < -0.3 is 14.6 Å². The quantitative estimate of drug-likeness (QED) is 0.678. The Hall–Kier alpha value is -2.04.